The van der Waals surface area contributed by atoms with Gasteiger partial charge in [0, 0.05) is 11.2 Å². The van der Waals surface area contributed by atoms with Gasteiger partial charge >= 0.3 is 0 Å². The number of aryl methyl sites for hydroxylation is 1. The molecule has 0 aliphatic heterocycles. The molecule has 2 N–H and O–H groups in total. The molecule has 0 unspecified atom stereocenters. The first-order valence-corrected chi connectivity index (χ1v) is 8.72. The molecule has 1 aromatic rings. The van der Waals surface area contributed by atoms with Crippen molar-refractivity contribution in [2.75, 3.05) is 11.9 Å². The fourth-order valence-corrected chi connectivity index (χ4v) is 5.52. The average molecular weight is 298 g/mol. The Labute approximate surface area is 132 Å². The number of hydrogen-bond acceptors (Lipinski definition) is 2. The average Bonchev–Trinajstić information content (AvgIpc) is 2.44. The molecule has 3 nitrogen and oxygen atoms in total. The van der Waals surface area contributed by atoms with Crippen molar-refractivity contribution < 1.29 is 4.79 Å². The number of benzene rings is 1. The van der Waals surface area contributed by atoms with E-state index in [4.69, 9.17) is 0 Å². The number of nitrogens with one attached hydrogen (secondary N) is 2. The van der Waals surface area contributed by atoms with E-state index in [1.807, 2.05) is 31.2 Å². The lowest BCUT2D eigenvalue weighted by molar-refractivity contribution is -0.116. The molecule has 1 aromatic carbocycles. The Kier molecular flexibility index (Phi) is 3.48. The second-order valence-electron chi connectivity index (χ2n) is 7.97. The van der Waals surface area contributed by atoms with Crippen molar-refractivity contribution in [2.24, 2.45) is 17.8 Å². The van der Waals surface area contributed by atoms with Gasteiger partial charge in [-0.2, -0.15) is 0 Å². The summed E-state index contributed by atoms with van der Waals surface area (Å²) in [6.45, 7) is 2.49. The minimum atomic E-state index is 0.0846. The summed E-state index contributed by atoms with van der Waals surface area (Å²) in [5.74, 6) is 2.83. The minimum Gasteiger partial charge on any atom is -0.325 e. The van der Waals surface area contributed by atoms with Gasteiger partial charge in [-0.25, -0.2) is 0 Å². The maximum Gasteiger partial charge on any atom is 0.238 e. The van der Waals surface area contributed by atoms with Crippen molar-refractivity contribution in [3.05, 3.63) is 29.8 Å². The Bertz CT molecular complexity index is 545. The first kappa shape index (κ1) is 14.3. The number of anilines is 1. The van der Waals surface area contributed by atoms with Crippen LogP contribution in [0.4, 0.5) is 5.69 Å². The number of amides is 1. The zero-order chi connectivity index (χ0) is 15.2. The fraction of sp³-hybridized carbons (Fsp3) is 0.632. The molecule has 5 rings (SSSR count). The zero-order valence-corrected chi connectivity index (χ0v) is 13.4. The minimum absolute atomic E-state index is 0.0846. The molecular weight excluding hydrogens is 272 g/mol. The largest absolute Gasteiger partial charge is 0.325 e. The van der Waals surface area contributed by atoms with Gasteiger partial charge in [0.2, 0.25) is 5.91 Å². The van der Waals surface area contributed by atoms with E-state index < -0.39 is 0 Å². The van der Waals surface area contributed by atoms with Gasteiger partial charge in [-0.05, 0) is 80.9 Å². The van der Waals surface area contributed by atoms with Crippen molar-refractivity contribution in [1.29, 1.82) is 0 Å². The summed E-state index contributed by atoms with van der Waals surface area (Å²) in [7, 11) is 0. The quantitative estimate of drug-likeness (QED) is 0.893. The maximum atomic E-state index is 12.2. The predicted octanol–water partition coefficient (Wildman–Crippen LogP) is 3.49. The molecule has 1 amide bonds. The van der Waals surface area contributed by atoms with Crippen LogP contribution in [0.25, 0.3) is 0 Å². The molecule has 0 heterocycles. The number of carbonyl (C=O) groups excluding carboxylic acids is 1. The van der Waals surface area contributed by atoms with Crippen molar-refractivity contribution >= 4 is 11.6 Å². The first-order valence-electron chi connectivity index (χ1n) is 8.72. The molecule has 0 spiro atoms. The van der Waals surface area contributed by atoms with E-state index in [1.54, 1.807) is 0 Å². The standard InChI is InChI=1S/C19H26N2O/c1-13-3-2-4-17(5-13)21-18(22)12-20-19-9-14-6-15(10-19)8-16(7-14)11-19/h2-5,14-16,20H,6-12H2,1H3,(H,21,22). The maximum absolute atomic E-state index is 12.2. The number of carbonyl (C=O) groups is 1. The molecule has 4 saturated carbocycles. The van der Waals surface area contributed by atoms with Crippen LogP contribution in [-0.4, -0.2) is 18.0 Å². The summed E-state index contributed by atoms with van der Waals surface area (Å²) in [5, 5.41) is 6.66. The SMILES string of the molecule is Cc1cccc(NC(=O)CNC23CC4CC(CC(C4)C2)C3)c1. The summed E-state index contributed by atoms with van der Waals surface area (Å²) >= 11 is 0. The predicted molar refractivity (Wildman–Crippen MR) is 88.7 cm³/mol. The van der Waals surface area contributed by atoms with Crippen LogP contribution in [0, 0.1) is 24.7 Å². The summed E-state index contributed by atoms with van der Waals surface area (Å²) in [6, 6.07) is 8.00. The Morgan fingerprint density at radius 3 is 2.36 bits per heavy atom. The third-order valence-corrected chi connectivity index (χ3v) is 5.96. The molecule has 0 saturated heterocycles. The summed E-state index contributed by atoms with van der Waals surface area (Å²) in [4.78, 5) is 12.2. The van der Waals surface area contributed by atoms with Crippen LogP contribution in [0.1, 0.15) is 44.1 Å². The Morgan fingerprint density at radius 2 is 1.77 bits per heavy atom. The van der Waals surface area contributed by atoms with Gasteiger partial charge in [0.25, 0.3) is 0 Å². The smallest absolute Gasteiger partial charge is 0.238 e. The fourth-order valence-electron chi connectivity index (χ4n) is 5.52. The van der Waals surface area contributed by atoms with Crippen LogP contribution in [0.15, 0.2) is 24.3 Å². The van der Waals surface area contributed by atoms with E-state index in [2.05, 4.69) is 10.6 Å². The highest BCUT2D eigenvalue weighted by atomic mass is 16.1. The zero-order valence-electron chi connectivity index (χ0n) is 13.4. The molecule has 0 aromatic heterocycles. The monoisotopic (exact) mass is 298 g/mol. The normalized spacial score (nSPS) is 35.6. The molecular formula is C19H26N2O. The molecule has 3 heteroatoms. The molecule has 0 radical (unpaired) electrons. The second kappa shape index (κ2) is 5.38. The molecule has 22 heavy (non-hydrogen) atoms. The third-order valence-electron chi connectivity index (χ3n) is 5.96. The van der Waals surface area contributed by atoms with Gasteiger partial charge in [0.1, 0.15) is 0 Å². The van der Waals surface area contributed by atoms with Crippen LogP contribution >= 0.6 is 0 Å². The van der Waals surface area contributed by atoms with Crippen molar-refractivity contribution in [2.45, 2.75) is 51.0 Å². The van der Waals surface area contributed by atoms with Crippen LogP contribution in [0.2, 0.25) is 0 Å². The topological polar surface area (TPSA) is 41.1 Å². The van der Waals surface area contributed by atoms with Crippen LogP contribution in [-0.2, 0) is 4.79 Å². The molecule has 4 bridgehead atoms. The van der Waals surface area contributed by atoms with Gasteiger partial charge in [0.05, 0.1) is 6.54 Å². The Morgan fingerprint density at radius 1 is 1.14 bits per heavy atom. The van der Waals surface area contributed by atoms with Gasteiger partial charge in [-0.3, -0.25) is 4.79 Å². The van der Waals surface area contributed by atoms with E-state index in [0.717, 1.165) is 23.4 Å². The lowest BCUT2D eigenvalue weighted by Gasteiger charge is -2.57. The summed E-state index contributed by atoms with van der Waals surface area (Å²) < 4.78 is 0. The van der Waals surface area contributed by atoms with Gasteiger partial charge in [0.15, 0.2) is 0 Å². The molecule has 4 fully saturated rings. The van der Waals surface area contributed by atoms with E-state index in [1.165, 1.54) is 44.1 Å². The van der Waals surface area contributed by atoms with E-state index in [9.17, 15) is 4.79 Å². The highest BCUT2D eigenvalue weighted by Crippen LogP contribution is 2.55. The van der Waals surface area contributed by atoms with Crippen molar-refractivity contribution in [3.63, 3.8) is 0 Å². The second-order valence-corrected chi connectivity index (χ2v) is 7.97. The molecule has 4 aliphatic carbocycles. The number of hydrogen-bond donors (Lipinski definition) is 2. The lowest BCUT2D eigenvalue weighted by atomic mass is 9.53. The van der Waals surface area contributed by atoms with Gasteiger partial charge in [-0.15, -0.1) is 0 Å². The van der Waals surface area contributed by atoms with Crippen LogP contribution in [0.5, 0.6) is 0 Å². The van der Waals surface area contributed by atoms with Gasteiger partial charge in [-0.1, -0.05) is 12.1 Å². The van der Waals surface area contributed by atoms with E-state index in [-0.39, 0.29) is 11.4 Å². The summed E-state index contributed by atoms with van der Waals surface area (Å²) in [6.07, 6.45) is 8.19. The Balaban J connectivity index is 1.35. The highest BCUT2D eigenvalue weighted by Gasteiger charge is 2.50. The Hall–Kier alpha value is -1.35. The first-order chi connectivity index (χ1) is 10.6. The van der Waals surface area contributed by atoms with E-state index >= 15 is 0 Å². The van der Waals surface area contributed by atoms with Crippen LogP contribution < -0.4 is 10.6 Å². The number of rotatable bonds is 4. The summed E-state index contributed by atoms with van der Waals surface area (Å²) in [5.41, 5.74) is 2.34. The van der Waals surface area contributed by atoms with Crippen molar-refractivity contribution in [1.82, 2.24) is 5.32 Å². The molecule has 0 atom stereocenters. The molecule has 4 aliphatic rings. The highest BCUT2D eigenvalue weighted by molar-refractivity contribution is 5.92. The van der Waals surface area contributed by atoms with E-state index in [0.29, 0.717) is 6.54 Å². The van der Waals surface area contributed by atoms with Gasteiger partial charge < -0.3 is 10.6 Å². The van der Waals surface area contributed by atoms with Crippen LogP contribution in [0.3, 0.4) is 0 Å². The third kappa shape index (κ3) is 2.79. The van der Waals surface area contributed by atoms with Crippen molar-refractivity contribution in [3.8, 4) is 0 Å². The molecule has 118 valence electrons. The lowest BCUT2D eigenvalue weighted by Crippen LogP contribution is -2.59.